The van der Waals surface area contributed by atoms with Gasteiger partial charge in [0, 0.05) is 26.4 Å². The van der Waals surface area contributed by atoms with Crippen LogP contribution in [0.5, 0.6) is 0 Å². The number of pyridine rings is 1. The van der Waals surface area contributed by atoms with Gasteiger partial charge in [-0.05, 0) is 11.6 Å². The molecule has 4 heteroatoms. The fourth-order valence-electron chi connectivity index (χ4n) is 1.05. The van der Waals surface area contributed by atoms with Gasteiger partial charge in [0.2, 0.25) is 0 Å². The molecule has 1 aromatic rings. The van der Waals surface area contributed by atoms with Crippen LogP contribution in [0.25, 0.3) is 0 Å². The van der Waals surface area contributed by atoms with Crippen LogP contribution in [0.4, 0.5) is 5.69 Å². The SMILES string of the molecule is COCCNc1cnccc1CN. The number of hydrogen-bond acceptors (Lipinski definition) is 4. The molecule has 0 spiro atoms. The lowest BCUT2D eigenvalue weighted by Crippen LogP contribution is -2.10. The summed E-state index contributed by atoms with van der Waals surface area (Å²) in [5.41, 5.74) is 7.62. The Morgan fingerprint density at radius 1 is 1.62 bits per heavy atom. The zero-order valence-electron chi connectivity index (χ0n) is 7.79. The lowest BCUT2D eigenvalue weighted by Gasteiger charge is -2.08. The van der Waals surface area contributed by atoms with Crippen LogP contribution in [0.3, 0.4) is 0 Å². The second-order valence-electron chi connectivity index (χ2n) is 2.66. The third kappa shape index (κ3) is 3.01. The average molecular weight is 181 g/mol. The Kier molecular flexibility index (Phi) is 4.21. The molecule has 0 radical (unpaired) electrons. The number of hydrogen-bond donors (Lipinski definition) is 2. The molecule has 0 atom stereocenters. The molecule has 1 aromatic heterocycles. The molecule has 0 saturated heterocycles. The van der Waals surface area contributed by atoms with Gasteiger partial charge in [0.25, 0.3) is 0 Å². The van der Waals surface area contributed by atoms with Crippen molar-refractivity contribution < 1.29 is 4.74 Å². The highest BCUT2D eigenvalue weighted by Crippen LogP contribution is 2.11. The zero-order chi connectivity index (χ0) is 9.52. The standard InChI is InChI=1S/C9H15N3O/c1-13-5-4-12-9-7-11-3-2-8(9)6-10/h2-3,7,12H,4-6,10H2,1H3. The Morgan fingerprint density at radius 2 is 2.46 bits per heavy atom. The van der Waals surface area contributed by atoms with E-state index in [0.717, 1.165) is 17.8 Å². The van der Waals surface area contributed by atoms with E-state index in [1.165, 1.54) is 0 Å². The minimum atomic E-state index is 0.526. The van der Waals surface area contributed by atoms with E-state index >= 15 is 0 Å². The molecule has 3 N–H and O–H groups in total. The average Bonchev–Trinajstić information content (AvgIpc) is 2.19. The fraction of sp³-hybridized carbons (Fsp3) is 0.444. The van der Waals surface area contributed by atoms with E-state index in [1.54, 1.807) is 19.5 Å². The Morgan fingerprint density at radius 3 is 3.15 bits per heavy atom. The van der Waals surface area contributed by atoms with Crippen LogP contribution in [0.15, 0.2) is 18.5 Å². The summed E-state index contributed by atoms with van der Waals surface area (Å²) in [6.45, 7) is 1.98. The normalized spacial score (nSPS) is 10.0. The molecular formula is C9H15N3O. The Bertz CT molecular complexity index is 252. The van der Waals surface area contributed by atoms with E-state index in [9.17, 15) is 0 Å². The van der Waals surface area contributed by atoms with Crippen molar-refractivity contribution in [2.24, 2.45) is 5.73 Å². The number of nitrogens with one attached hydrogen (secondary N) is 1. The number of ether oxygens (including phenoxy) is 1. The smallest absolute Gasteiger partial charge is 0.0635 e. The first kappa shape index (κ1) is 9.95. The fourth-order valence-corrected chi connectivity index (χ4v) is 1.05. The van der Waals surface area contributed by atoms with Gasteiger partial charge in [0.05, 0.1) is 18.5 Å². The second-order valence-corrected chi connectivity index (χ2v) is 2.66. The molecule has 1 heterocycles. The van der Waals surface area contributed by atoms with Gasteiger partial charge >= 0.3 is 0 Å². The van der Waals surface area contributed by atoms with E-state index in [0.29, 0.717) is 13.2 Å². The monoisotopic (exact) mass is 181 g/mol. The van der Waals surface area contributed by atoms with Crippen LogP contribution in [-0.4, -0.2) is 25.2 Å². The molecule has 0 aliphatic rings. The van der Waals surface area contributed by atoms with Crippen molar-refractivity contribution in [2.75, 3.05) is 25.6 Å². The zero-order valence-corrected chi connectivity index (χ0v) is 7.79. The van der Waals surface area contributed by atoms with Crippen molar-refractivity contribution in [1.82, 2.24) is 4.98 Å². The van der Waals surface area contributed by atoms with Crippen molar-refractivity contribution in [1.29, 1.82) is 0 Å². The van der Waals surface area contributed by atoms with Crippen molar-refractivity contribution in [3.63, 3.8) is 0 Å². The molecule has 72 valence electrons. The third-order valence-electron chi connectivity index (χ3n) is 1.75. The van der Waals surface area contributed by atoms with Gasteiger partial charge in [-0.3, -0.25) is 4.98 Å². The molecule has 0 fully saturated rings. The van der Waals surface area contributed by atoms with Gasteiger partial charge < -0.3 is 15.8 Å². The maximum absolute atomic E-state index is 5.56. The molecular weight excluding hydrogens is 166 g/mol. The van der Waals surface area contributed by atoms with Gasteiger partial charge in [0.1, 0.15) is 0 Å². The second kappa shape index (κ2) is 5.50. The number of anilines is 1. The van der Waals surface area contributed by atoms with Crippen LogP contribution in [-0.2, 0) is 11.3 Å². The Labute approximate surface area is 78.1 Å². The summed E-state index contributed by atoms with van der Waals surface area (Å²) in [5.74, 6) is 0. The van der Waals surface area contributed by atoms with Gasteiger partial charge in [-0.2, -0.15) is 0 Å². The quantitative estimate of drug-likeness (QED) is 0.653. The highest BCUT2D eigenvalue weighted by Gasteiger charge is 1.98. The minimum absolute atomic E-state index is 0.526. The first-order valence-electron chi connectivity index (χ1n) is 4.24. The first-order chi connectivity index (χ1) is 6.38. The molecule has 0 aromatic carbocycles. The summed E-state index contributed by atoms with van der Waals surface area (Å²) in [5, 5.41) is 3.20. The lowest BCUT2D eigenvalue weighted by atomic mass is 10.2. The van der Waals surface area contributed by atoms with E-state index in [4.69, 9.17) is 10.5 Å². The molecule has 13 heavy (non-hydrogen) atoms. The minimum Gasteiger partial charge on any atom is -0.383 e. The Hall–Kier alpha value is -1.13. The topological polar surface area (TPSA) is 60.2 Å². The van der Waals surface area contributed by atoms with E-state index in [2.05, 4.69) is 10.3 Å². The largest absolute Gasteiger partial charge is 0.383 e. The van der Waals surface area contributed by atoms with Crippen molar-refractivity contribution >= 4 is 5.69 Å². The third-order valence-corrected chi connectivity index (χ3v) is 1.75. The van der Waals surface area contributed by atoms with Crippen LogP contribution in [0.1, 0.15) is 5.56 Å². The predicted molar refractivity (Wildman–Crippen MR) is 52.5 cm³/mol. The maximum Gasteiger partial charge on any atom is 0.0635 e. The predicted octanol–water partition coefficient (Wildman–Crippen LogP) is 0.599. The Balaban J connectivity index is 2.54. The van der Waals surface area contributed by atoms with Gasteiger partial charge in [-0.1, -0.05) is 0 Å². The van der Waals surface area contributed by atoms with E-state index < -0.39 is 0 Å². The van der Waals surface area contributed by atoms with Gasteiger partial charge in [-0.15, -0.1) is 0 Å². The highest BCUT2D eigenvalue weighted by molar-refractivity contribution is 5.48. The van der Waals surface area contributed by atoms with Crippen LogP contribution >= 0.6 is 0 Å². The molecule has 0 aliphatic carbocycles. The molecule has 0 bridgehead atoms. The van der Waals surface area contributed by atoms with Crippen molar-refractivity contribution in [3.05, 3.63) is 24.0 Å². The molecule has 4 nitrogen and oxygen atoms in total. The van der Waals surface area contributed by atoms with Crippen LogP contribution < -0.4 is 11.1 Å². The number of methoxy groups -OCH3 is 1. The van der Waals surface area contributed by atoms with Gasteiger partial charge in [-0.25, -0.2) is 0 Å². The highest BCUT2D eigenvalue weighted by atomic mass is 16.5. The van der Waals surface area contributed by atoms with Crippen LogP contribution in [0.2, 0.25) is 0 Å². The molecule has 1 rings (SSSR count). The molecule has 0 aliphatic heterocycles. The van der Waals surface area contributed by atoms with Crippen molar-refractivity contribution in [2.45, 2.75) is 6.54 Å². The summed E-state index contributed by atoms with van der Waals surface area (Å²) < 4.78 is 4.92. The number of nitrogens with two attached hydrogens (primary N) is 1. The summed E-state index contributed by atoms with van der Waals surface area (Å²) in [7, 11) is 1.68. The summed E-state index contributed by atoms with van der Waals surface area (Å²) in [6.07, 6.45) is 3.52. The number of rotatable bonds is 5. The van der Waals surface area contributed by atoms with E-state index in [-0.39, 0.29) is 0 Å². The summed E-state index contributed by atoms with van der Waals surface area (Å²) in [6, 6.07) is 1.91. The summed E-state index contributed by atoms with van der Waals surface area (Å²) >= 11 is 0. The lowest BCUT2D eigenvalue weighted by molar-refractivity contribution is 0.211. The van der Waals surface area contributed by atoms with E-state index in [1.807, 2.05) is 6.07 Å². The molecule has 0 amide bonds. The maximum atomic E-state index is 5.56. The number of aromatic nitrogens is 1. The molecule has 0 saturated carbocycles. The van der Waals surface area contributed by atoms with Gasteiger partial charge in [0.15, 0.2) is 0 Å². The summed E-state index contributed by atoms with van der Waals surface area (Å²) in [4.78, 5) is 4.01. The first-order valence-corrected chi connectivity index (χ1v) is 4.24. The molecule has 0 unspecified atom stereocenters. The number of nitrogens with zero attached hydrogens (tertiary/aromatic N) is 1. The van der Waals surface area contributed by atoms with Crippen molar-refractivity contribution in [3.8, 4) is 0 Å². The van der Waals surface area contributed by atoms with Crippen LogP contribution in [0, 0.1) is 0 Å².